The van der Waals surface area contributed by atoms with Crippen LogP contribution in [0.4, 0.5) is 0 Å². The fourth-order valence-corrected chi connectivity index (χ4v) is 2.78. The second-order valence-corrected chi connectivity index (χ2v) is 5.87. The second kappa shape index (κ2) is 7.19. The molecule has 3 aromatic carbocycles. The van der Waals surface area contributed by atoms with Crippen molar-refractivity contribution in [3.05, 3.63) is 91.0 Å². The average Bonchev–Trinajstić information content (AvgIpc) is 2.75. The van der Waals surface area contributed by atoms with Crippen molar-refractivity contribution < 1.29 is 9.15 Å². The van der Waals surface area contributed by atoms with Gasteiger partial charge in [-0.25, -0.2) is 0 Å². The zero-order chi connectivity index (χ0) is 17.8. The number of ether oxygens (including phenoxy) is 1. The summed E-state index contributed by atoms with van der Waals surface area (Å²) >= 11 is 0. The fourth-order valence-electron chi connectivity index (χ4n) is 2.78. The quantitative estimate of drug-likeness (QED) is 0.429. The number of hydrogen-bond acceptors (Lipinski definition) is 2. The maximum Gasteiger partial charge on any atom is 0.460 e. The Hall–Kier alpha value is -3.46. The Labute approximate surface area is 152 Å². The van der Waals surface area contributed by atoms with Crippen molar-refractivity contribution >= 4 is 0 Å². The van der Waals surface area contributed by atoms with E-state index in [1.165, 1.54) is 0 Å². The Morgan fingerprint density at radius 2 is 1.31 bits per heavy atom. The summed E-state index contributed by atoms with van der Waals surface area (Å²) in [6.07, 6.45) is 0. The molecule has 0 aliphatic heterocycles. The van der Waals surface area contributed by atoms with Crippen molar-refractivity contribution in [2.24, 2.45) is 0 Å². The van der Waals surface area contributed by atoms with Crippen LogP contribution in [0.5, 0.6) is 5.75 Å². The molecule has 0 bridgehead atoms. The molecule has 0 aliphatic rings. The van der Waals surface area contributed by atoms with Crippen molar-refractivity contribution in [1.82, 2.24) is 4.98 Å². The molecule has 3 nitrogen and oxygen atoms in total. The number of methoxy groups -OCH3 is 1. The summed E-state index contributed by atoms with van der Waals surface area (Å²) in [5, 5.41) is 0. The molecule has 1 aromatic heterocycles. The minimum Gasteiger partial charge on any atom is -0.497 e. The van der Waals surface area contributed by atoms with E-state index in [2.05, 4.69) is 12.1 Å². The molecule has 0 atom stereocenters. The van der Waals surface area contributed by atoms with Crippen LogP contribution in [0.2, 0.25) is 0 Å². The molecule has 0 amide bonds. The van der Waals surface area contributed by atoms with Crippen LogP contribution in [-0.4, -0.2) is 12.1 Å². The molecule has 0 spiro atoms. The Kier molecular flexibility index (Phi) is 4.44. The first kappa shape index (κ1) is 16.0. The molecule has 26 heavy (non-hydrogen) atoms. The van der Waals surface area contributed by atoms with Crippen LogP contribution < -0.4 is 4.74 Å². The summed E-state index contributed by atoms with van der Waals surface area (Å²) in [7, 11) is 1.65. The van der Waals surface area contributed by atoms with Crippen LogP contribution in [0.1, 0.15) is 0 Å². The molecule has 3 heteroatoms. The number of aromatic nitrogens is 1. The third-order valence-electron chi connectivity index (χ3n) is 4.16. The highest BCUT2D eigenvalue weighted by Gasteiger charge is 2.22. The number of nitrogens with zero attached hydrogens (tertiary/aromatic N) is 1. The van der Waals surface area contributed by atoms with Gasteiger partial charge in [0.05, 0.1) is 24.4 Å². The van der Waals surface area contributed by atoms with Gasteiger partial charge in [0.15, 0.2) is 0 Å². The van der Waals surface area contributed by atoms with Gasteiger partial charge in [0.2, 0.25) is 0 Å². The highest BCUT2D eigenvalue weighted by molar-refractivity contribution is 5.69. The second-order valence-electron chi connectivity index (χ2n) is 5.87. The predicted molar refractivity (Wildman–Crippen MR) is 104 cm³/mol. The van der Waals surface area contributed by atoms with E-state index in [1.54, 1.807) is 7.11 Å². The van der Waals surface area contributed by atoms with E-state index in [0.29, 0.717) is 5.89 Å². The fraction of sp³-hybridized carbons (Fsp3) is 0.0435. The van der Waals surface area contributed by atoms with Gasteiger partial charge in [-0.1, -0.05) is 48.5 Å². The number of hydrogen-bond donors (Lipinski definition) is 0. The van der Waals surface area contributed by atoms with Crippen molar-refractivity contribution in [3.8, 4) is 39.8 Å². The molecule has 4 aromatic rings. The van der Waals surface area contributed by atoms with Gasteiger partial charge >= 0.3 is 11.7 Å². The summed E-state index contributed by atoms with van der Waals surface area (Å²) in [6.45, 7) is 0. The number of rotatable bonds is 4. The summed E-state index contributed by atoms with van der Waals surface area (Å²) in [6, 6.07) is 29.9. The van der Waals surface area contributed by atoms with E-state index in [9.17, 15) is 0 Å². The van der Waals surface area contributed by atoms with Gasteiger partial charge in [0.25, 0.3) is 0 Å². The summed E-state index contributed by atoms with van der Waals surface area (Å²) in [4.78, 5) is 4.75. The predicted octanol–water partition coefficient (Wildman–Crippen LogP) is 5.97. The third-order valence-corrected chi connectivity index (χ3v) is 4.16. The zero-order valence-corrected chi connectivity index (χ0v) is 14.4. The summed E-state index contributed by atoms with van der Waals surface area (Å²) in [5.74, 6) is 2.16. The molecule has 0 radical (unpaired) electrons. The Morgan fingerprint density at radius 3 is 1.92 bits per heavy atom. The van der Waals surface area contributed by atoms with Crippen LogP contribution in [0, 0.1) is 0 Å². The topological polar surface area (TPSA) is 33.4 Å². The third kappa shape index (κ3) is 3.33. The maximum atomic E-state index is 6.13. The first-order valence-electron chi connectivity index (χ1n) is 8.44. The van der Waals surface area contributed by atoms with Gasteiger partial charge in [-0.15, -0.1) is 0 Å². The normalized spacial score (nSPS) is 10.5. The van der Waals surface area contributed by atoms with Crippen LogP contribution in [0.25, 0.3) is 34.0 Å². The molecule has 0 saturated heterocycles. The SMILES string of the molecule is COc1ccc(-c2nc(-c3ccccc3)cc(-c3ccccc3)[o+]2)cc1. The van der Waals surface area contributed by atoms with E-state index in [4.69, 9.17) is 14.1 Å². The lowest BCUT2D eigenvalue weighted by Gasteiger charge is -2.02. The van der Waals surface area contributed by atoms with Crippen LogP contribution in [0.15, 0.2) is 95.4 Å². The first-order chi connectivity index (χ1) is 12.8. The maximum absolute atomic E-state index is 6.13. The molecule has 0 fully saturated rings. The van der Waals surface area contributed by atoms with E-state index < -0.39 is 0 Å². The van der Waals surface area contributed by atoms with Crippen molar-refractivity contribution in [2.45, 2.75) is 0 Å². The van der Waals surface area contributed by atoms with Crippen LogP contribution in [0.3, 0.4) is 0 Å². The molecule has 1 heterocycles. The Bertz CT molecular complexity index is 940. The minimum atomic E-state index is 0.577. The molecule has 0 N–H and O–H groups in total. The summed E-state index contributed by atoms with van der Waals surface area (Å²) in [5.41, 5.74) is 3.85. The van der Waals surface area contributed by atoms with E-state index >= 15 is 0 Å². The first-order valence-corrected chi connectivity index (χ1v) is 8.44. The Balaban J connectivity index is 1.87. The van der Waals surface area contributed by atoms with Crippen LogP contribution in [-0.2, 0) is 0 Å². The van der Waals surface area contributed by atoms with Gasteiger partial charge in [-0.3, -0.25) is 0 Å². The van der Waals surface area contributed by atoms with Gasteiger partial charge < -0.3 is 4.74 Å². The highest BCUT2D eigenvalue weighted by atomic mass is 16.5. The molecule has 126 valence electrons. The largest absolute Gasteiger partial charge is 0.497 e. The lowest BCUT2D eigenvalue weighted by atomic mass is 10.1. The zero-order valence-electron chi connectivity index (χ0n) is 14.4. The highest BCUT2D eigenvalue weighted by Crippen LogP contribution is 2.30. The smallest absolute Gasteiger partial charge is 0.460 e. The van der Waals surface area contributed by atoms with Gasteiger partial charge in [0, 0.05) is 5.56 Å². The van der Waals surface area contributed by atoms with Crippen molar-refractivity contribution in [2.75, 3.05) is 7.11 Å². The van der Waals surface area contributed by atoms with E-state index in [-0.39, 0.29) is 0 Å². The molecule has 0 unspecified atom stereocenters. The number of benzene rings is 3. The van der Waals surface area contributed by atoms with Gasteiger partial charge in [-0.2, -0.15) is 9.40 Å². The Morgan fingerprint density at radius 1 is 0.692 bits per heavy atom. The standard InChI is InChI=1S/C23H18NO2/c1-25-20-14-12-19(13-15-20)23-24-21(17-8-4-2-5-9-17)16-22(26-23)18-10-6-3-7-11-18/h2-16H,1H3/q+1. The lowest BCUT2D eigenvalue weighted by Crippen LogP contribution is -1.91. The molecular formula is C23H18NO2+. The van der Waals surface area contributed by atoms with Gasteiger partial charge in [0.1, 0.15) is 11.3 Å². The molecular weight excluding hydrogens is 322 g/mol. The lowest BCUT2D eigenvalue weighted by molar-refractivity contribution is 0.415. The van der Waals surface area contributed by atoms with Gasteiger partial charge in [-0.05, 0) is 36.4 Å². The van der Waals surface area contributed by atoms with E-state index in [1.807, 2.05) is 78.9 Å². The van der Waals surface area contributed by atoms with Crippen LogP contribution >= 0.6 is 0 Å². The summed E-state index contributed by atoms with van der Waals surface area (Å²) < 4.78 is 11.4. The average molecular weight is 340 g/mol. The van der Waals surface area contributed by atoms with Crippen molar-refractivity contribution in [3.63, 3.8) is 0 Å². The van der Waals surface area contributed by atoms with Crippen molar-refractivity contribution in [1.29, 1.82) is 0 Å². The molecule has 4 rings (SSSR count). The molecule has 0 aliphatic carbocycles. The minimum absolute atomic E-state index is 0.577. The molecule has 0 saturated carbocycles. The monoisotopic (exact) mass is 340 g/mol. The van der Waals surface area contributed by atoms with E-state index in [0.717, 1.165) is 33.9 Å².